The van der Waals surface area contributed by atoms with Crippen LogP contribution in [-0.4, -0.2) is 32.5 Å². The molecular formula is C20H22F2N4OS2. The van der Waals surface area contributed by atoms with Gasteiger partial charge in [0.15, 0.2) is 22.6 Å². The molecular weight excluding hydrogens is 414 g/mol. The third-order valence-corrected chi connectivity index (χ3v) is 6.20. The summed E-state index contributed by atoms with van der Waals surface area (Å²) in [4.78, 5) is 13.3. The highest BCUT2D eigenvalue weighted by Crippen LogP contribution is 2.27. The molecule has 1 amide bonds. The lowest BCUT2D eigenvalue weighted by Gasteiger charge is -2.14. The van der Waals surface area contributed by atoms with E-state index in [0.29, 0.717) is 23.6 Å². The van der Waals surface area contributed by atoms with Crippen molar-refractivity contribution in [2.45, 2.75) is 44.4 Å². The van der Waals surface area contributed by atoms with Crippen molar-refractivity contribution in [2.75, 3.05) is 5.75 Å². The number of aryl methyl sites for hydroxylation is 1. The Morgan fingerprint density at radius 1 is 1.28 bits per heavy atom. The average molecular weight is 437 g/mol. The van der Waals surface area contributed by atoms with Crippen molar-refractivity contribution < 1.29 is 13.6 Å². The Morgan fingerprint density at radius 2 is 2.10 bits per heavy atom. The zero-order valence-corrected chi connectivity index (χ0v) is 17.8. The minimum atomic E-state index is -0.853. The zero-order chi connectivity index (χ0) is 20.8. The van der Waals surface area contributed by atoms with Gasteiger partial charge < -0.3 is 9.88 Å². The van der Waals surface area contributed by atoms with Crippen molar-refractivity contribution >= 4 is 29.0 Å². The predicted octanol–water partition coefficient (Wildman–Crippen LogP) is 4.53. The van der Waals surface area contributed by atoms with E-state index in [2.05, 4.69) is 15.5 Å². The van der Waals surface area contributed by atoms with Crippen LogP contribution in [0.15, 0.2) is 40.9 Å². The molecule has 0 aliphatic rings. The summed E-state index contributed by atoms with van der Waals surface area (Å²) in [5.74, 6) is -0.758. The maximum Gasteiger partial charge on any atom is 0.230 e. The van der Waals surface area contributed by atoms with E-state index in [1.54, 1.807) is 17.4 Å². The number of benzene rings is 1. The van der Waals surface area contributed by atoms with Crippen LogP contribution in [-0.2, 0) is 17.8 Å². The molecule has 154 valence electrons. The molecule has 0 bridgehead atoms. The first kappa shape index (κ1) is 21.4. The molecule has 0 fully saturated rings. The van der Waals surface area contributed by atoms with Crippen molar-refractivity contribution in [1.82, 2.24) is 20.1 Å². The second-order valence-corrected chi connectivity index (χ2v) is 8.46. The summed E-state index contributed by atoms with van der Waals surface area (Å²) >= 11 is 2.95. The molecule has 5 nitrogen and oxygen atoms in total. The standard InChI is InChI=1S/C20H22F2N4OS2/c1-3-26-19(17-5-4-10-28-17)24-25-20(26)29-12-18(27)23-13(2)6-7-14-8-9-15(21)16(22)11-14/h4-5,8-11,13H,3,6-7,12H2,1-2H3,(H,23,27). The SMILES string of the molecule is CCn1c(SCC(=O)NC(C)CCc2ccc(F)c(F)c2)nnc1-c1cccs1. The van der Waals surface area contributed by atoms with Gasteiger partial charge in [0.1, 0.15) is 0 Å². The van der Waals surface area contributed by atoms with E-state index < -0.39 is 11.6 Å². The fourth-order valence-corrected chi connectivity index (χ4v) is 4.40. The summed E-state index contributed by atoms with van der Waals surface area (Å²) in [6.45, 7) is 4.63. The van der Waals surface area contributed by atoms with Gasteiger partial charge in [-0.1, -0.05) is 23.9 Å². The molecule has 1 unspecified atom stereocenters. The lowest BCUT2D eigenvalue weighted by Crippen LogP contribution is -2.34. The number of nitrogens with one attached hydrogen (secondary N) is 1. The number of halogens is 2. The molecule has 29 heavy (non-hydrogen) atoms. The van der Waals surface area contributed by atoms with E-state index in [1.807, 2.05) is 35.9 Å². The van der Waals surface area contributed by atoms with Gasteiger partial charge in [-0.05, 0) is 55.8 Å². The van der Waals surface area contributed by atoms with E-state index >= 15 is 0 Å². The van der Waals surface area contributed by atoms with Crippen LogP contribution in [0.2, 0.25) is 0 Å². The smallest absolute Gasteiger partial charge is 0.230 e. The summed E-state index contributed by atoms with van der Waals surface area (Å²) in [6, 6.07) is 7.77. The molecule has 3 aromatic rings. The van der Waals surface area contributed by atoms with Crippen molar-refractivity contribution in [3.63, 3.8) is 0 Å². The number of thiophene rings is 1. The molecule has 9 heteroatoms. The topological polar surface area (TPSA) is 59.8 Å². The number of amides is 1. The summed E-state index contributed by atoms with van der Waals surface area (Å²) in [7, 11) is 0. The van der Waals surface area contributed by atoms with Crippen molar-refractivity contribution in [3.05, 3.63) is 52.9 Å². The van der Waals surface area contributed by atoms with Gasteiger partial charge in [0.25, 0.3) is 0 Å². The Balaban J connectivity index is 1.49. The van der Waals surface area contributed by atoms with E-state index in [-0.39, 0.29) is 17.7 Å². The number of hydrogen-bond donors (Lipinski definition) is 1. The highest BCUT2D eigenvalue weighted by atomic mass is 32.2. The summed E-state index contributed by atoms with van der Waals surface area (Å²) < 4.78 is 28.2. The van der Waals surface area contributed by atoms with Crippen LogP contribution in [0.1, 0.15) is 25.8 Å². The van der Waals surface area contributed by atoms with Gasteiger partial charge >= 0.3 is 0 Å². The third kappa shape index (κ3) is 5.63. The van der Waals surface area contributed by atoms with Crippen LogP contribution in [0.4, 0.5) is 8.78 Å². The molecule has 2 aromatic heterocycles. The molecule has 0 aliphatic heterocycles. The zero-order valence-electron chi connectivity index (χ0n) is 16.2. The van der Waals surface area contributed by atoms with E-state index in [1.165, 1.54) is 17.8 Å². The normalized spacial score (nSPS) is 12.1. The summed E-state index contributed by atoms with van der Waals surface area (Å²) in [6.07, 6.45) is 1.19. The highest BCUT2D eigenvalue weighted by molar-refractivity contribution is 7.99. The number of carbonyl (C=O) groups excluding carboxylic acids is 1. The fourth-order valence-electron chi connectivity index (χ4n) is 2.87. The number of nitrogens with zero attached hydrogens (tertiary/aromatic N) is 3. The van der Waals surface area contributed by atoms with Gasteiger partial charge in [0.05, 0.1) is 10.6 Å². The van der Waals surface area contributed by atoms with Gasteiger partial charge in [0.2, 0.25) is 5.91 Å². The first-order valence-electron chi connectivity index (χ1n) is 9.31. The second-order valence-electron chi connectivity index (χ2n) is 6.57. The molecule has 3 rings (SSSR count). The van der Waals surface area contributed by atoms with Crippen molar-refractivity contribution in [3.8, 4) is 10.7 Å². The Morgan fingerprint density at radius 3 is 2.79 bits per heavy atom. The van der Waals surface area contributed by atoms with E-state index in [0.717, 1.165) is 23.3 Å². The van der Waals surface area contributed by atoms with Crippen LogP contribution in [0.5, 0.6) is 0 Å². The van der Waals surface area contributed by atoms with Gasteiger partial charge in [-0.25, -0.2) is 8.78 Å². The molecule has 0 aliphatic carbocycles. The third-order valence-electron chi connectivity index (χ3n) is 4.36. The minimum Gasteiger partial charge on any atom is -0.353 e. The van der Waals surface area contributed by atoms with Crippen LogP contribution in [0.25, 0.3) is 10.7 Å². The number of hydrogen-bond acceptors (Lipinski definition) is 5. The quantitative estimate of drug-likeness (QED) is 0.501. The Kier molecular flexibility index (Phi) is 7.38. The summed E-state index contributed by atoms with van der Waals surface area (Å²) in [5, 5.41) is 14.1. The maximum atomic E-state index is 13.3. The first-order chi connectivity index (χ1) is 14.0. The monoisotopic (exact) mass is 436 g/mol. The van der Waals surface area contributed by atoms with Gasteiger partial charge in [0, 0.05) is 12.6 Å². The van der Waals surface area contributed by atoms with Crippen LogP contribution in [0, 0.1) is 11.6 Å². The largest absolute Gasteiger partial charge is 0.353 e. The Bertz CT molecular complexity index is 960. The first-order valence-corrected chi connectivity index (χ1v) is 11.2. The number of aromatic nitrogens is 3. The second kappa shape index (κ2) is 9.98. The van der Waals surface area contributed by atoms with Gasteiger partial charge in [-0.3, -0.25) is 4.79 Å². The van der Waals surface area contributed by atoms with Gasteiger partial charge in [-0.2, -0.15) is 0 Å². The average Bonchev–Trinajstić information content (AvgIpc) is 3.36. The molecule has 0 spiro atoms. The van der Waals surface area contributed by atoms with Crippen LogP contribution >= 0.6 is 23.1 Å². The lowest BCUT2D eigenvalue weighted by atomic mass is 10.1. The Labute approximate surface area is 176 Å². The number of carbonyl (C=O) groups is 1. The predicted molar refractivity (Wildman–Crippen MR) is 112 cm³/mol. The van der Waals surface area contributed by atoms with Crippen LogP contribution in [0.3, 0.4) is 0 Å². The van der Waals surface area contributed by atoms with Crippen molar-refractivity contribution in [1.29, 1.82) is 0 Å². The lowest BCUT2D eigenvalue weighted by molar-refractivity contribution is -0.119. The number of rotatable bonds is 9. The molecule has 1 N–H and O–H groups in total. The molecule has 0 radical (unpaired) electrons. The maximum absolute atomic E-state index is 13.3. The van der Waals surface area contributed by atoms with Crippen LogP contribution < -0.4 is 5.32 Å². The summed E-state index contributed by atoms with van der Waals surface area (Å²) in [5.41, 5.74) is 0.705. The fraction of sp³-hybridized carbons (Fsp3) is 0.350. The number of thioether (sulfide) groups is 1. The molecule has 1 atom stereocenters. The van der Waals surface area contributed by atoms with Gasteiger partial charge in [-0.15, -0.1) is 21.5 Å². The Hall–Kier alpha value is -2.26. The highest BCUT2D eigenvalue weighted by Gasteiger charge is 2.16. The molecule has 1 aromatic carbocycles. The molecule has 0 saturated heterocycles. The van der Waals surface area contributed by atoms with Crippen molar-refractivity contribution in [2.24, 2.45) is 0 Å². The van der Waals surface area contributed by atoms with E-state index in [9.17, 15) is 13.6 Å². The molecule has 2 heterocycles. The minimum absolute atomic E-state index is 0.0815. The van der Waals surface area contributed by atoms with E-state index in [4.69, 9.17) is 0 Å². The molecule has 0 saturated carbocycles.